The zero-order valence-corrected chi connectivity index (χ0v) is 12.3. The normalized spacial score (nSPS) is 17.1. The molecule has 20 heavy (non-hydrogen) atoms. The van der Waals surface area contributed by atoms with Gasteiger partial charge >= 0.3 is 5.97 Å². The Labute approximate surface area is 128 Å². The average Bonchev–Trinajstić information content (AvgIpc) is 2.90. The highest BCUT2D eigenvalue weighted by atomic mass is 35.5. The predicted octanol–water partition coefficient (Wildman–Crippen LogP) is 4.71. The molecule has 0 saturated carbocycles. The van der Waals surface area contributed by atoms with E-state index in [0.29, 0.717) is 16.7 Å². The lowest BCUT2D eigenvalue weighted by atomic mass is 9.98. The van der Waals surface area contributed by atoms with E-state index in [1.54, 1.807) is 12.1 Å². The maximum Gasteiger partial charge on any atom is 0.313 e. The number of rotatable bonds is 1. The molecule has 1 heterocycles. The number of ether oxygens (including phenoxy) is 1. The molecule has 2 aromatic carbocycles. The van der Waals surface area contributed by atoms with Crippen LogP contribution in [0.2, 0.25) is 10.0 Å². The van der Waals surface area contributed by atoms with Gasteiger partial charge in [-0.05, 0) is 24.1 Å². The summed E-state index contributed by atoms with van der Waals surface area (Å²) in [5.41, 5.74) is 1.07. The smallest absolute Gasteiger partial charge is 0.313 e. The second-order valence-electron chi connectivity index (χ2n) is 4.33. The number of esters is 1. The number of hydrogen-bond acceptors (Lipinski definition) is 2. The largest absolute Gasteiger partial charge is 0.465 e. The van der Waals surface area contributed by atoms with E-state index in [-0.39, 0.29) is 11.9 Å². The summed E-state index contributed by atoms with van der Waals surface area (Å²) in [6.45, 7) is 0.568. The average molecular weight is 309 g/mol. The summed E-state index contributed by atoms with van der Waals surface area (Å²) in [6, 6.07) is 17.0. The van der Waals surface area contributed by atoms with Gasteiger partial charge in [-0.15, -0.1) is 0 Å². The fourth-order valence-electron chi connectivity index (χ4n) is 1.92. The summed E-state index contributed by atoms with van der Waals surface area (Å²) in [5.74, 6) is -0.104. The van der Waals surface area contributed by atoms with Crippen LogP contribution in [0.4, 0.5) is 0 Å². The molecule has 2 aromatic rings. The molecule has 0 N–H and O–H groups in total. The summed E-state index contributed by atoms with van der Waals surface area (Å²) in [6.07, 6.45) is 0.822. The molecule has 3 rings (SSSR count). The van der Waals surface area contributed by atoms with Crippen molar-refractivity contribution in [3.8, 4) is 0 Å². The predicted molar refractivity (Wildman–Crippen MR) is 81.2 cm³/mol. The number of carbonyl (C=O) groups excluding carboxylic acids is 1. The number of cyclic esters (lactones) is 1. The molecule has 0 amide bonds. The van der Waals surface area contributed by atoms with Gasteiger partial charge in [0, 0.05) is 0 Å². The second-order valence-corrected chi connectivity index (χ2v) is 5.15. The Morgan fingerprint density at radius 3 is 1.90 bits per heavy atom. The van der Waals surface area contributed by atoms with Crippen LogP contribution in [-0.4, -0.2) is 12.6 Å². The summed E-state index contributed by atoms with van der Waals surface area (Å²) < 4.78 is 4.88. The van der Waals surface area contributed by atoms with Crippen LogP contribution in [0.25, 0.3) is 0 Å². The van der Waals surface area contributed by atoms with Crippen LogP contribution in [0.15, 0.2) is 54.6 Å². The molecule has 0 aliphatic carbocycles. The highest BCUT2D eigenvalue weighted by molar-refractivity contribution is 6.41. The zero-order valence-electron chi connectivity index (χ0n) is 10.8. The molecule has 1 fully saturated rings. The van der Waals surface area contributed by atoms with Crippen LogP contribution in [0.3, 0.4) is 0 Å². The molecule has 1 atom stereocenters. The molecule has 1 unspecified atom stereocenters. The lowest BCUT2D eigenvalue weighted by Gasteiger charge is -2.03. The molecule has 0 radical (unpaired) electrons. The van der Waals surface area contributed by atoms with Crippen LogP contribution >= 0.6 is 23.2 Å². The lowest BCUT2D eigenvalue weighted by Crippen LogP contribution is -2.04. The number of carbonyl (C=O) groups is 1. The second kappa shape index (κ2) is 7.32. The first-order chi connectivity index (χ1) is 9.68. The van der Waals surface area contributed by atoms with Crippen LogP contribution in [0, 0.1) is 0 Å². The van der Waals surface area contributed by atoms with Gasteiger partial charge in [-0.3, -0.25) is 4.79 Å². The molecular weight excluding hydrogens is 295 g/mol. The molecule has 1 aliphatic heterocycles. The third-order valence-electron chi connectivity index (χ3n) is 2.96. The van der Waals surface area contributed by atoms with Crippen molar-refractivity contribution in [3.63, 3.8) is 0 Å². The fraction of sp³-hybridized carbons (Fsp3) is 0.188. The molecule has 2 nitrogen and oxygen atoms in total. The van der Waals surface area contributed by atoms with Gasteiger partial charge < -0.3 is 4.74 Å². The van der Waals surface area contributed by atoms with Gasteiger partial charge in [-0.2, -0.15) is 0 Å². The van der Waals surface area contributed by atoms with Gasteiger partial charge in [0.1, 0.15) is 0 Å². The molecule has 1 saturated heterocycles. The first-order valence-corrected chi connectivity index (χ1v) is 7.05. The van der Waals surface area contributed by atoms with E-state index >= 15 is 0 Å². The van der Waals surface area contributed by atoms with Gasteiger partial charge in [0.15, 0.2) is 0 Å². The summed E-state index contributed by atoms with van der Waals surface area (Å²) in [4.78, 5) is 11.2. The number of hydrogen-bond donors (Lipinski definition) is 0. The third-order valence-corrected chi connectivity index (χ3v) is 3.72. The fourth-order valence-corrected chi connectivity index (χ4v) is 2.19. The van der Waals surface area contributed by atoms with Gasteiger partial charge in [-0.1, -0.05) is 65.7 Å². The van der Waals surface area contributed by atoms with E-state index in [9.17, 15) is 4.79 Å². The summed E-state index contributed by atoms with van der Waals surface area (Å²) >= 11 is 11.2. The summed E-state index contributed by atoms with van der Waals surface area (Å²) in [7, 11) is 0. The van der Waals surface area contributed by atoms with Crippen LogP contribution in [-0.2, 0) is 9.53 Å². The lowest BCUT2D eigenvalue weighted by molar-refractivity contribution is -0.139. The van der Waals surface area contributed by atoms with Crippen molar-refractivity contribution in [2.24, 2.45) is 0 Å². The maximum absolute atomic E-state index is 11.2. The van der Waals surface area contributed by atoms with Crippen LogP contribution in [0.5, 0.6) is 0 Å². The summed E-state index contributed by atoms with van der Waals surface area (Å²) in [5, 5.41) is 1.21. The van der Waals surface area contributed by atoms with Crippen molar-refractivity contribution in [1.29, 1.82) is 0 Å². The Kier molecular flexibility index (Phi) is 5.45. The monoisotopic (exact) mass is 308 g/mol. The van der Waals surface area contributed by atoms with E-state index in [1.807, 2.05) is 42.5 Å². The van der Waals surface area contributed by atoms with Crippen molar-refractivity contribution in [1.82, 2.24) is 0 Å². The minimum Gasteiger partial charge on any atom is -0.465 e. The maximum atomic E-state index is 11.2. The highest BCUT2D eigenvalue weighted by Crippen LogP contribution is 2.25. The van der Waals surface area contributed by atoms with Crippen molar-refractivity contribution in [3.05, 3.63) is 70.2 Å². The van der Waals surface area contributed by atoms with Gasteiger partial charge in [0.05, 0.1) is 22.6 Å². The Hall–Kier alpha value is -1.51. The first-order valence-electron chi connectivity index (χ1n) is 6.30. The Morgan fingerprint density at radius 1 is 0.900 bits per heavy atom. The van der Waals surface area contributed by atoms with Crippen LogP contribution in [0.1, 0.15) is 17.9 Å². The quantitative estimate of drug-likeness (QED) is 0.713. The Balaban J connectivity index is 0.000000160. The molecule has 1 aliphatic rings. The third kappa shape index (κ3) is 3.99. The molecule has 0 spiro atoms. The standard InChI is InChI=1S/C10H10O2.C6H4Cl2/c11-10-9(6-7-12-10)8-4-2-1-3-5-8;7-5-3-1-2-4-6(5)8/h1-5,9H,6-7H2;1-4H. The topological polar surface area (TPSA) is 26.3 Å². The molecule has 0 bridgehead atoms. The minimum absolute atomic E-state index is 0.0220. The van der Waals surface area contributed by atoms with Crippen molar-refractivity contribution < 1.29 is 9.53 Å². The van der Waals surface area contributed by atoms with E-state index in [2.05, 4.69) is 0 Å². The molecule has 104 valence electrons. The SMILES string of the molecule is Clc1ccccc1Cl.O=C1OCCC1c1ccccc1. The van der Waals surface area contributed by atoms with E-state index < -0.39 is 0 Å². The van der Waals surface area contributed by atoms with E-state index in [1.165, 1.54) is 0 Å². The highest BCUT2D eigenvalue weighted by Gasteiger charge is 2.27. The van der Waals surface area contributed by atoms with Crippen molar-refractivity contribution >= 4 is 29.2 Å². The minimum atomic E-state index is -0.0822. The van der Waals surface area contributed by atoms with Crippen molar-refractivity contribution in [2.75, 3.05) is 6.61 Å². The van der Waals surface area contributed by atoms with Crippen molar-refractivity contribution in [2.45, 2.75) is 12.3 Å². The van der Waals surface area contributed by atoms with E-state index in [0.717, 1.165) is 12.0 Å². The van der Waals surface area contributed by atoms with E-state index in [4.69, 9.17) is 27.9 Å². The number of benzene rings is 2. The Bertz CT molecular complexity index is 549. The zero-order chi connectivity index (χ0) is 14.4. The Morgan fingerprint density at radius 2 is 1.45 bits per heavy atom. The molecule has 0 aromatic heterocycles. The van der Waals surface area contributed by atoms with Gasteiger partial charge in [-0.25, -0.2) is 0 Å². The molecule has 4 heteroatoms. The number of halogens is 2. The molecular formula is C16H14Cl2O2. The van der Waals surface area contributed by atoms with Gasteiger partial charge in [0.2, 0.25) is 0 Å². The first kappa shape index (κ1) is 14.9. The van der Waals surface area contributed by atoms with Gasteiger partial charge in [0.25, 0.3) is 0 Å². The van der Waals surface area contributed by atoms with Crippen LogP contribution < -0.4 is 0 Å².